The van der Waals surface area contributed by atoms with Crippen LogP contribution < -0.4 is 10.1 Å². The Hall–Kier alpha value is -2.34. The summed E-state index contributed by atoms with van der Waals surface area (Å²) in [5.74, 6) is -0.223. The minimum atomic E-state index is -1.07. The fraction of sp³-hybridized carbons (Fsp3) is 0.0833. The minimum absolute atomic E-state index is 0.0262. The molecule has 2 aromatic rings. The van der Waals surface area contributed by atoms with Gasteiger partial charge >= 0.3 is 5.97 Å². The number of nitrogens with zero attached hydrogens (tertiary/aromatic N) is 2. The second kappa shape index (κ2) is 5.53. The van der Waals surface area contributed by atoms with Gasteiger partial charge in [0, 0.05) is 18.1 Å². The molecule has 2 rings (SSSR count). The average Bonchev–Trinajstić information content (AvgIpc) is 2.39. The predicted molar refractivity (Wildman–Crippen MR) is 70.3 cm³/mol. The molecule has 0 fully saturated rings. The van der Waals surface area contributed by atoms with Gasteiger partial charge in [-0.3, -0.25) is 0 Å². The lowest BCUT2D eigenvalue weighted by Crippen LogP contribution is -2.02. The molecule has 19 heavy (non-hydrogen) atoms. The van der Waals surface area contributed by atoms with E-state index in [1.807, 2.05) is 0 Å². The van der Waals surface area contributed by atoms with E-state index < -0.39 is 5.97 Å². The first-order valence-electron chi connectivity index (χ1n) is 5.26. The summed E-state index contributed by atoms with van der Waals surface area (Å²) < 4.78 is 5.04. The molecular formula is C12H10ClN3O3. The summed E-state index contributed by atoms with van der Waals surface area (Å²) in [7, 11) is 1.53. The molecule has 1 aromatic heterocycles. The predicted octanol–water partition coefficient (Wildman–Crippen LogP) is 2.58. The van der Waals surface area contributed by atoms with E-state index in [9.17, 15) is 4.79 Å². The van der Waals surface area contributed by atoms with Gasteiger partial charge in [0.05, 0.1) is 17.7 Å². The largest absolute Gasteiger partial charge is 0.495 e. The van der Waals surface area contributed by atoms with E-state index in [0.29, 0.717) is 16.5 Å². The molecule has 7 heteroatoms. The molecule has 0 unspecified atom stereocenters. The smallest absolute Gasteiger partial charge is 0.338 e. The molecule has 0 amide bonds. The fourth-order valence-electron chi connectivity index (χ4n) is 1.38. The molecule has 0 saturated heterocycles. The number of aromatic carboxylic acids is 1. The van der Waals surface area contributed by atoms with E-state index in [2.05, 4.69) is 15.3 Å². The molecule has 98 valence electrons. The number of anilines is 2. The zero-order valence-electron chi connectivity index (χ0n) is 9.92. The molecule has 0 aliphatic heterocycles. The lowest BCUT2D eigenvalue weighted by atomic mass is 10.3. The number of halogens is 1. The number of ether oxygens (including phenoxy) is 1. The highest BCUT2D eigenvalue weighted by Gasteiger charge is 2.06. The maximum absolute atomic E-state index is 10.7. The van der Waals surface area contributed by atoms with Gasteiger partial charge in [0.15, 0.2) is 0 Å². The van der Waals surface area contributed by atoms with E-state index in [1.165, 1.54) is 19.5 Å². The first-order chi connectivity index (χ1) is 9.10. The van der Waals surface area contributed by atoms with Crippen LogP contribution in [0.4, 0.5) is 11.6 Å². The summed E-state index contributed by atoms with van der Waals surface area (Å²) in [4.78, 5) is 18.4. The van der Waals surface area contributed by atoms with E-state index in [1.54, 1.807) is 18.2 Å². The molecule has 0 spiro atoms. The van der Waals surface area contributed by atoms with Gasteiger partial charge in [-0.1, -0.05) is 11.6 Å². The normalized spacial score (nSPS) is 10.0. The van der Waals surface area contributed by atoms with Crippen LogP contribution in [0.25, 0.3) is 0 Å². The van der Waals surface area contributed by atoms with Gasteiger partial charge in [-0.25, -0.2) is 14.8 Å². The van der Waals surface area contributed by atoms with Crippen LogP contribution in [0.15, 0.2) is 30.6 Å². The van der Waals surface area contributed by atoms with E-state index in [0.717, 1.165) is 0 Å². The summed E-state index contributed by atoms with van der Waals surface area (Å²) in [6.07, 6.45) is 2.45. The Bertz CT molecular complexity index is 602. The highest BCUT2D eigenvalue weighted by Crippen LogP contribution is 2.28. The van der Waals surface area contributed by atoms with Crippen molar-refractivity contribution in [1.82, 2.24) is 9.97 Å². The Morgan fingerprint density at radius 2 is 2.05 bits per heavy atom. The fourth-order valence-corrected chi connectivity index (χ4v) is 1.63. The topological polar surface area (TPSA) is 84.3 Å². The number of carboxylic acids is 1. The minimum Gasteiger partial charge on any atom is -0.495 e. The van der Waals surface area contributed by atoms with E-state index >= 15 is 0 Å². The van der Waals surface area contributed by atoms with Crippen LogP contribution in [0.5, 0.6) is 5.75 Å². The standard InChI is InChI=1S/C12H10ClN3O3/c1-19-10-3-2-8(4-9(10)13)16-12-14-5-7(6-15-12)11(17)18/h2-6H,1H3,(H,17,18)(H,14,15,16). The van der Waals surface area contributed by atoms with Crippen LogP contribution in [0, 0.1) is 0 Å². The van der Waals surface area contributed by atoms with E-state index in [-0.39, 0.29) is 11.5 Å². The second-order valence-electron chi connectivity index (χ2n) is 3.57. The zero-order chi connectivity index (χ0) is 13.8. The quantitative estimate of drug-likeness (QED) is 0.895. The third-order valence-electron chi connectivity index (χ3n) is 2.31. The lowest BCUT2D eigenvalue weighted by Gasteiger charge is -2.07. The van der Waals surface area contributed by atoms with Gasteiger partial charge in [0.1, 0.15) is 5.75 Å². The second-order valence-corrected chi connectivity index (χ2v) is 3.98. The summed E-state index contributed by atoms with van der Waals surface area (Å²) in [5.41, 5.74) is 0.701. The van der Waals surface area contributed by atoms with Crippen LogP contribution >= 0.6 is 11.6 Å². The van der Waals surface area contributed by atoms with Gasteiger partial charge < -0.3 is 15.2 Å². The molecule has 0 aliphatic carbocycles. The van der Waals surface area contributed by atoms with Crippen molar-refractivity contribution in [3.05, 3.63) is 41.2 Å². The number of carboxylic acid groups (broad SMARTS) is 1. The van der Waals surface area contributed by atoms with Crippen LogP contribution in [0.1, 0.15) is 10.4 Å². The number of hydrogen-bond donors (Lipinski definition) is 2. The van der Waals surface area contributed by atoms with Gasteiger partial charge in [-0.05, 0) is 18.2 Å². The maximum Gasteiger partial charge on any atom is 0.338 e. The highest BCUT2D eigenvalue weighted by atomic mass is 35.5. The highest BCUT2D eigenvalue weighted by molar-refractivity contribution is 6.32. The molecule has 0 saturated carbocycles. The molecule has 0 atom stereocenters. The molecular weight excluding hydrogens is 270 g/mol. The zero-order valence-corrected chi connectivity index (χ0v) is 10.7. The third kappa shape index (κ3) is 3.11. The number of hydrogen-bond acceptors (Lipinski definition) is 5. The Balaban J connectivity index is 2.16. The number of nitrogens with one attached hydrogen (secondary N) is 1. The molecule has 1 aromatic carbocycles. The van der Waals surface area contributed by atoms with Crippen LogP contribution in [-0.2, 0) is 0 Å². The molecule has 2 N–H and O–H groups in total. The van der Waals surface area contributed by atoms with Crippen molar-refractivity contribution in [2.75, 3.05) is 12.4 Å². The van der Waals surface area contributed by atoms with Crippen LogP contribution in [0.2, 0.25) is 5.02 Å². The summed E-state index contributed by atoms with van der Waals surface area (Å²) in [6, 6.07) is 5.12. The molecule has 1 heterocycles. The SMILES string of the molecule is COc1ccc(Nc2ncc(C(=O)O)cn2)cc1Cl. The van der Waals surface area contributed by atoms with Gasteiger partial charge in [0.25, 0.3) is 0 Å². The number of rotatable bonds is 4. The monoisotopic (exact) mass is 279 g/mol. The van der Waals surface area contributed by atoms with Crippen molar-refractivity contribution in [2.45, 2.75) is 0 Å². The lowest BCUT2D eigenvalue weighted by molar-refractivity contribution is 0.0696. The Kier molecular flexibility index (Phi) is 3.82. The van der Waals surface area contributed by atoms with Gasteiger partial charge in [0.2, 0.25) is 5.95 Å². The number of carbonyl (C=O) groups is 1. The van der Waals surface area contributed by atoms with Crippen LogP contribution in [-0.4, -0.2) is 28.2 Å². The molecule has 0 bridgehead atoms. The van der Waals surface area contributed by atoms with Gasteiger partial charge in [-0.2, -0.15) is 0 Å². The number of aromatic nitrogens is 2. The maximum atomic E-state index is 10.7. The van der Waals surface area contributed by atoms with Crippen molar-refractivity contribution >= 4 is 29.2 Å². The number of benzene rings is 1. The summed E-state index contributed by atoms with van der Waals surface area (Å²) in [5, 5.41) is 12.1. The van der Waals surface area contributed by atoms with Crippen molar-refractivity contribution < 1.29 is 14.6 Å². The Morgan fingerprint density at radius 3 is 2.58 bits per heavy atom. The first-order valence-corrected chi connectivity index (χ1v) is 5.64. The summed E-state index contributed by atoms with van der Waals surface area (Å²) >= 11 is 5.98. The molecule has 0 aliphatic rings. The van der Waals surface area contributed by atoms with Crippen molar-refractivity contribution in [2.24, 2.45) is 0 Å². The number of methoxy groups -OCH3 is 1. The van der Waals surface area contributed by atoms with Crippen molar-refractivity contribution in [1.29, 1.82) is 0 Å². The van der Waals surface area contributed by atoms with Crippen molar-refractivity contribution in [3.8, 4) is 5.75 Å². The first kappa shape index (κ1) is 13.1. The van der Waals surface area contributed by atoms with Crippen LogP contribution in [0.3, 0.4) is 0 Å². The van der Waals surface area contributed by atoms with Crippen molar-refractivity contribution in [3.63, 3.8) is 0 Å². The third-order valence-corrected chi connectivity index (χ3v) is 2.60. The average molecular weight is 280 g/mol. The molecule has 6 nitrogen and oxygen atoms in total. The van der Waals surface area contributed by atoms with Gasteiger partial charge in [-0.15, -0.1) is 0 Å². The Labute approximate surface area is 114 Å². The summed E-state index contributed by atoms with van der Waals surface area (Å²) in [6.45, 7) is 0. The van der Waals surface area contributed by atoms with E-state index in [4.69, 9.17) is 21.4 Å². The Morgan fingerprint density at radius 1 is 1.37 bits per heavy atom. The molecule has 0 radical (unpaired) electrons.